The molecule has 0 aliphatic carbocycles. The molecule has 3 heterocycles. The maximum Gasteiger partial charge on any atom is 0.225 e. The molecule has 1 saturated heterocycles. The molecule has 1 aromatic carbocycles. The molecule has 1 atom stereocenters. The van der Waals surface area contributed by atoms with Crippen molar-refractivity contribution in [3.63, 3.8) is 0 Å². The fourth-order valence-corrected chi connectivity index (χ4v) is 3.23. The van der Waals surface area contributed by atoms with E-state index in [0.717, 1.165) is 11.2 Å². The highest BCUT2D eigenvalue weighted by Gasteiger charge is 2.34. The first kappa shape index (κ1) is 16.3. The molecule has 2 amide bonds. The van der Waals surface area contributed by atoms with E-state index in [1.807, 2.05) is 59.1 Å². The lowest BCUT2D eigenvalue weighted by Crippen LogP contribution is -2.33. The molecule has 0 spiro atoms. The van der Waals surface area contributed by atoms with Crippen molar-refractivity contribution in [2.24, 2.45) is 5.92 Å². The molecule has 132 valence electrons. The lowest BCUT2D eigenvalue weighted by molar-refractivity contribution is -0.129. The van der Waals surface area contributed by atoms with Crippen LogP contribution in [0.3, 0.4) is 0 Å². The van der Waals surface area contributed by atoms with Gasteiger partial charge in [0, 0.05) is 25.7 Å². The van der Waals surface area contributed by atoms with Gasteiger partial charge in [-0.1, -0.05) is 36.4 Å². The van der Waals surface area contributed by atoms with Gasteiger partial charge in [-0.3, -0.25) is 14.0 Å². The van der Waals surface area contributed by atoms with Gasteiger partial charge in [-0.15, -0.1) is 10.2 Å². The fourth-order valence-electron chi connectivity index (χ4n) is 3.23. The molecule has 7 heteroatoms. The van der Waals surface area contributed by atoms with Crippen LogP contribution in [-0.2, 0) is 22.7 Å². The van der Waals surface area contributed by atoms with Crippen molar-refractivity contribution < 1.29 is 9.59 Å². The Bertz CT molecular complexity index is 937. The summed E-state index contributed by atoms with van der Waals surface area (Å²) in [5.41, 5.74) is 1.80. The summed E-state index contributed by atoms with van der Waals surface area (Å²) in [6.45, 7) is 1.27. The van der Waals surface area contributed by atoms with Crippen LogP contribution in [0.4, 0.5) is 0 Å². The first-order chi connectivity index (χ1) is 12.7. The van der Waals surface area contributed by atoms with Crippen molar-refractivity contribution >= 4 is 17.5 Å². The third-order valence-electron chi connectivity index (χ3n) is 4.61. The van der Waals surface area contributed by atoms with E-state index in [1.165, 1.54) is 0 Å². The third-order valence-corrected chi connectivity index (χ3v) is 4.61. The second kappa shape index (κ2) is 6.95. The van der Waals surface area contributed by atoms with E-state index in [1.54, 1.807) is 4.90 Å². The summed E-state index contributed by atoms with van der Waals surface area (Å²) < 4.78 is 1.84. The fraction of sp³-hybridized carbons (Fsp3) is 0.263. The average molecular weight is 349 g/mol. The molecule has 4 rings (SSSR count). The van der Waals surface area contributed by atoms with Crippen molar-refractivity contribution in [2.45, 2.75) is 19.5 Å². The van der Waals surface area contributed by atoms with Crippen LogP contribution in [0, 0.1) is 5.92 Å². The monoisotopic (exact) mass is 349 g/mol. The van der Waals surface area contributed by atoms with E-state index in [0.29, 0.717) is 18.9 Å². The van der Waals surface area contributed by atoms with Gasteiger partial charge in [0.25, 0.3) is 0 Å². The van der Waals surface area contributed by atoms with Crippen molar-refractivity contribution in [3.8, 4) is 0 Å². The predicted molar refractivity (Wildman–Crippen MR) is 94.8 cm³/mol. The summed E-state index contributed by atoms with van der Waals surface area (Å²) in [5.74, 6) is 0.230. The number of nitrogens with one attached hydrogen (secondary N) is 1. The Morgan fingerprint density at radius 3 is 2.77 bits per heavy atom. The van der Waals surface area contributed by atoms with Crippen LogP contribution in [0.2, 0.25) is 0 Å². The Morgan fingerprint density at radius 1 is 1.12 bits per heavy atom. The van der Waals surface area contributed by atoms with Crippen LogP contribution in [0.5, 0.6) is 0 Å². The minimum absolute atomic E-state index is 0.0157. The number of benzene rings is 1. The van der Waals surface area contributed by atoms with E-state index < -0.39 is 0 Å². The first-order valence-corrected chi connectivity index (χ1v) is 8.59. The number of carbonyl (C=O) groups excluding carboxylic acids is 2. The minimum Gasteiger partial charge on any atom is -0.348 e. The molecule has 3 aromatic rings. The van der Waals surface area contributed by atoms with Crippen LogP contribution < -0.4 is 5.32 Å². The first-order valence-electron chi connectivity index (χ1n) is 8.59. The summed E-state index contributed by atoms with van der Waals surface area (Å²) in [5, 5.41) is 11.0. The number of hydrogen-bond donors (Lipinski definition) is 1. The Hall–Kier alpha value is -3.22. The van der Waals surface area contributed by atoms with Gasteiger partial charge in [-0.2, -0.15) is 0 Å². The highest BCUT2D eigenvalue weighted by Crippen LogP contribution is 2.20. The van der Waals surface area contributed by atoms with E-state index in [-0.39, 0.29) is 30.7 Å². The molecule has 1 aliphatic rings. The normalized spacial score (nSPS) is 17.0. The summed E-state index contributed by atoms with van der Waals surface area (Å²) >= 11 is 0. The number of aromatic nitrogens is 3. The molecule has 1 aliphatic heterocycles. The SMILES string of the molecule is O=C(NCc1nnc2ccccn12)[C@@H]1CC(=O)N(Cc2ccccc2)C1. The van der Waals surface area contributed by atoms with Crippen LogP contribution in [0.1, 0.15) is 17.8 Å². The number of pyridine rings is 1. The Morgan fingerprint density at radius 2 is 1.92 bits per heavy atom. The second-order valence-electron chi connectivity index (χ2n) is 6.42. The van der Waals surface area contributed by atoms with E-state index in [2.05, 4.69) is 15.5 Å². The van der Waals surface area contributed by atoms with Crippen molar-refractivity contribution in [1.29, 1.82) is 0 Å². The molecular formula is C19H19N5O2. The summed E-state index contributed by atoms with van der Waals surface area (Å²) in [6.07, 6.45) is 2.11. The zero-order valence-corrected chi connectivity index (χ0v) is 14.2. The van der Waals surface area contributed by atoms with Gasteiger partial charge in [0.2, 0.25) is 11.8 Å². The molecule has 0 unspecified atom stereocenters. The Labute approximate surface area is 150 Å². The number of nitrogens with zero attached hydrogens (tertiary/aromatic N) is 4. The van der Waals surface area contributed by atoms with Gasteiger partial charge in [0.15, 0.2) is 11.5 Å². The van der Waals surface area contributed by atoms with Gasteiger partial charge in [0.05, 0.1) is 12.5 Å². The van der Waals surface area contributed by atoms with Crippen molar-refractivity contribution in [1.82, 2.24) is 24.8 Å². The third kappa shape index (κ3) is 3.28. The molecule has 0 radical (unpaired) electrons. The van der Waals surface area contributed by atoms with Gasteiger partial charge in [-0.05, 0) is 17.7 Å². The molecule has 26 heavy (non-hydrogen) atoms. The predicted octanol–water partition coefficient (Wildman–Crippen LogP) is 1.39. The number of hydrogen-bond acceptors (Lipinski definition) is 4. The van der Waals surface area contributed by atoms with Gasteiger partial charge >= 0.3 is 0 Å². The summed E-state index contributed by atoms with van der Waals surface area (Å²) in [4.78, 5) is 26.4. The molecule has 1 N–H and O–H groups in total. The summed E-state index contributed by atoms with van der Waals surface area (Å²) in [6, 6.07) is 15.4. The molecule has 0 saturated carbocycles. The Kier molecular flexibility index (Phi) is 4.35. The summed E-state index contributed by atoms with van der Waals surface area (Å²) in [7, 11) is 0. The van der Waals surface area contributed by atoms with Gasteiger partial charge < -0.3 is 10.2 Å². The molecule has 2 aromatic heterocycles. The second-order valence-corrected chi connectivity index (χ2v) is 6.42. The lowest BCUT2D eigenvalue weighted by atomic mass is 10.1. The highest BCUT2D eigenvalue weighted by molar-refractivity contribution is 5.89. The molecule has 0 bridgehead atoms. The number of likely N-dealkylation sites (tertiary alicyclic amines) is 1. The highest BCUT2D eigenvalue weighted by atomic mass is 16.2. The number of fused-ring (bicyclic) bond motifs is 1. The van der Waals surface area contributed by atoms with E-state index in [4.69, 9.17) is 0 Å². The average Bonchev–Trinajstić information content (AvgIpc) is 3.24. The van der Waals surface area contributed by atoms with Crippen LogP contribution >= 0.6 is 0 Å². The number of rotatable bonds is 5. The van der Waals surface area contributed by atoms with E-state index in [9.17, 15) is 9.59 Å². The van der Waals surface area contributed by atoms with Crippen LogP contribution in [-0.4, -0.2) is 37.9 Å². The van der Waals surface area contributed by atoms with E-state index >= 15 is 0 Å². The molecule has 7 nitrogen and oxygen atoms in total. The van der Waals surface area contributed by atoms with Crippen molar-refractivity contribution in [2.75, 3.05) is 6.54 Å². The number of carbonyl (C=O) groups is 2. The molecule has 1 fully saturated rings. The zero-order valence-electron chi connectivity index (χ0n) is 14.2. The molecular weight excluding hydrogens is 330 g/mol. The maximum atomic E-state index is 12.5. The minimum atomic E-state index is -0.328. The zero-order chi connectivity index (χ0) is 17.9. The topological polar surface area (TPSA) is 79.6 Å². The van der Waals surface area contributed by atoms with Crippen LogP contribution in [0.15, 0.2) is 54.7 Å². The lowest BCUT2D eigenvalue weighted by Gasteiger charge is -2.16. The largest absolute Gasteiger partial charge is 0.348 e. The Balaban J connectivity index is 1.36. The quantitative estimate of drug-likeness (QED) is 0.755. The van der Waals surface area contributed by atoms with Gasteiger partial charge in [-0.25, -0.2) is 0 Å². The smallest absolute Gasteiger partial charge is 0.225 e. The number of amides is 2. The standard InChI is InChI=1S/C19H19N5O2/c25-18-10-15(13-23(18)12-14-6-2-1-3-7-14)19(26)20-11-17-22-21-16-8-4-5-9-24(16)17/h1-9,15H,10-13H2,(H,20,26)/t15-/m1/s1. The van der Waals surface area contributed by atoms with Gasteiger partial charge in [0.1, 0.15) is 0 Å². The van der Waals surface area contributed by atoms with Crippen LogP contribution in [0.25, 0.3) is 5.65 Å². The maximum absolute atomic E-state index is 12.5. The van der Waals surface area contributed by atoms with Crippen molar-refractivity contribution in [3.05, 3.63) is 66.1 Å².